The Kier molecular flexibility index (Phi) is 5.29. The molecule has 1 fully saturated rings. The highest BCUT2D eigenvalue weighted by atomic mass is 15.2. The summed E-state index contributed by atoms with van der Waals surface area (Å²) >= 11 is 0. The van der Waals surface area contributed by atoms with E-state index in [1.54, 1.807) is 0 Å². The predicted molar refractivity (Wildman–Crippen MR) is 81.6 cm³/mol. The second-order valence-electron chi connectivity index (χ2n) is 5.85. The van der Waals surface area contributed by atoms with Crippen molar-refractivity contribution >= 4 is 5.95 Å². The van der Waals surface area contributed by atoms with Crippen LogP contribution >= 0.6 is 0 Å². The van der Waals surface area contributed by atoms with Crippen molar-refractivity contribution in [3.05, 3.63) is 11.4 Å². The number of aryl methyl sites for hydroxylation is 2. The molecule has 0 aliphatic heterocycles. The number of anilines is 1. The zero-order chi connectivity index (χ0) is 14.4. The minimum Gasteiger partial charge on any atom is -0.352 e. The van der Waals surface area contributed by atoms with Gasteiger partial charge in [0.25, 0.3) is 0 Å². The van der Waals surface area contributed by atoms with Gasteiger partial charge in [0.15, 0.2) is 0 Å². The molecule has 1 aliphatic rings. The predicted octanol–water partition coefficient (Wildman–Crippen LogP) is 2.32. The van der Waals surface area contributed by atoms with Crippen LogP contribution in [-0.4, -0.2) is 28.3 Å². The van der Waals surface area contributed by atoms with Crippen LogP contribution in [-0.2, 0) is 12.8 Å². The monoisotopic (exact) mass is 277 g/mol. The molecule has 0 bridgehead atoms. The Hall–Kier alpha value is -1.23. The van der Waals surface area contributed by atoms with Gasteiger partial charge in [-0.2, -0.15) is 5.10 Å². The molecular formula is C15H27N5. The largest absolute Gasteiger partial charge is 0.352 e. The standard InChI is InChI=1S/C15H27N5/c1-3-12-13(4-2)19-20-14(18-12)17-11-15(10-16)8-6-5-7-9-15/h3-11,16H2,1-2H3,(H,17,18,20). The molecule has 0 aromatic carbocycles. The van der Waals surface area contributed by atoms with E-state index >= 15 is 0 Å². The molecule has 5 nitrogen and oxygen atoms in total. The highest BCUT2D eigenvalue weighted by Crippen LogP contribution is 2.35. The highest BCUT2D eigenvalue weighted by molar-refractivity contribution is 5.26. The van der Waals surface area contributed by atoms with Crippen LogP contribution in [0.15, 0.2) is 0 Å². The SMILES string of the molecule is CCc1nnc(NCC2(CN)CCCCC2)nc1CC. The van der Waals surface area contributed by atoms with Crippen molar-refractivity contribution in [3.63, 3.8) is 0 Å². The third-order valence-electron chi connectivity index (χ3n) is 4.48. The van der Waals surface area contributed by atoms with Gasteiger partial charge in [0.1, 0.15) is 0 Å². The zero-order valence-electron chi connectivity index (χ0n) is 12.8. The second kappa shape index (κ2) is 6.97. The Morgan fingerprint density at radius 2 is 1.75 bits per heavy atom. The molecule has 0 spiro atoms. The Bertz CT molecular complexity index is 426. The van der Waals surface area contributed by atoms with Crippen LogP contribution < -0.4 is 11.1 Å². The molecule has 1 heterocycles. The van der Waals surface area contributed by atoms with E-state index in [9.17, 15) is 0 Å². The summed E-state index contributed by atoms with van der Waals surface area (Å²) < 4.78 is 0. The van der Waals surface area contributed by atoms with Gasteiger partial charge in [0, 0.05) is 6.54 Å². The van der Waals surface area contributed by atoms with E-state index in [0.29, 0.717) is 5.95 Å². The van der Waals surface area contributed by atoms with Crippen LogP contribution in [0.25, 0.3) is 0 Å². The van der Waals surface area contributed by atoms with Gasteiger partial charge in [-0.1, -0.05) is 33.1 Å². The summed E-state index contributed by atoms with van der Waals surface area (Å²) in [6.07, 6.45) is 8.10. The number of nitrogens with zero attached hydrogens (tertiary/aromatic N) is 3. The maximum absolute atomic E-state index is 6.01. The van der Waals surface area contributed by atoms with Gasteiger partial charge in [0.2, 0.25) is 5.95 Å². The van der Waals surface area contributed by atoms with Crippen molar-refractivity contribution in [2.75, 3.05) is 18.4 Å². The molecule has 112 valence electrons. The minimum absolute atomic E-state index is 0.220. The van der Waals surface area contributed by atoms with Crippen LogP contribution in [0.1, 0.15) is 57.3 Å². The molecule has 5 heteroatoms. The van der Waals surface area contributed by atoms with E-state index in [-0.39, 0.29) is 5.41 Å². The first-order valence-electron chi connectivity index (χ1n) is 7.89. The highest BCUT2D eigenvalue weighted by Gasteiger charge is 2.30. The summed E-state index contributed by atoms with van der Waals surface area (Å²) in [4.78, 5) is 4.59. The quantitative estimate of drug-likeness (QED) is 0.834. The third kappa shape index (κ3) is 3.45. The maximum Gasteiger partial charge on any atom is 0.242 e. The minimum atomic E-state index is 0.220. The van der Waals surface area contributed by atoms with Gasteiger partial charge in [-0.25, -0.2) is 4.98 Å². The van der Waals surface area contributed by atoms with E-state index in [1.165, 1.54) is 32.1 Å². The number of hydrogen-bond donors (Lipinski definition) is 2. The number of hydrogen-bond acceptors (Lipinski definition) is 5. The number of nitrogens with two attached hydrogens (primary N) is 1. The van der Waals surface area contributed by atoms with Crippen molar-refractivity contribution < 1.29 is 0 Å². The Balaban J connectivity index is 2.02. The summed E-state index contributed by atoms with van der Waals surface area (Å²) in [6, 6.07) is 0. The molecule has 0 saturated heterocycles. The average Bonchev–Trinajstić information content (AvgIpc) is 2.53. The molecule has 2 rings (SSSR count). The molecular weight excluding hydrogens is 250 g/mol. The van der Waals surface area contributed by atoms with Crippen molar-refractivity contribution in [2.24, 2.45) is 11.1 Å². The van der Waals surface area contributed by atoms with Gasteiger partial charge in [-0.3, -0.25) is 0 Å². The van der Waals surface area contributed by atoms with Gasteiger partial charge in [-0.15, -0.1) is 5.10 Å². The van der Waals surface area contributed by atoms with Crippen LogP contribution in [0.4, 0.5) is 5.95 Å². The van der Waals surface area contributed by atoms with Gasteiger partial charge in [0.05, 0.1) is 11.4 Å². The molecule has 3 N–H and O–H groups in total. The smallest absolute Gasteiger partial charge is 0.242 e. The average molecular weight is 277 g/mol. The number of rotatable bonds is 6. The fourth-order valence-electron chi connectivity index (χ4n) is 3.03. The third-order valence-corrected chi connectivity index (χ3v) is 4.48. The summed E-state index contributed by atoms with van der Waals surface area (Å²) in [6.45, 7) is 5.79. The number of nitrogens with one attached hydrogen (secondary N) is 1. The van der Waals surface area contributed by atoms with Gasteiger partial charge < -0.3 is 11.1 Å². The van der Waals surface area contributed by atoms with Crippen molar-refractivity contribution in [1.29, 1.82) is 0 Å². The summed E-state index contributed by atoms with van der Waals surface area (Å²) in [5.41, 5.74) is 8.28. The first kappa shape index (κ1) is 15.2. The Morgan fingerprint density at radius 3 is 2.35 bits per heavy atom. The molecule has 1 aliphatic carbocycles. The van der Waals surface area contributed by atoms with Gasteiger partial charge in [-0.05, 0) is 37.6 Å². The van der Waals surface area contributed by atoms with Crippen molar-refractivity contribution in [1.82, 2.24) is 15.2 Å². The molecule has 0 atom stereocenters. The molecule has 1 aromatic rings. The molecule has 1 aromatic heterocycles. The van der Waals surface area contributed by atoms with Crippen LogP contribution in [0.5, 0.6) is 0 Å². The summed E-state index contributed by atoms with van der Waals surface area (Å²) in [7, 11) is 0. The van der Waals surface area contributed by atoms with Crippen LogP contribution in [0, 0.1) is 5.41 Å². The first-order chi connectivity index (χ1) is 9.73. The van der Waals surface area contributed by atoms with E-state index < -0.39 is 0 Å². The fraction of sp³-hybridized carbons (Fsp3) is 0.800. The number of aromatic nitrogens is 3. The van der Waals surface area contributed by atoms with E-state index in [2.05, 4.69) is 34.3 Å². The molecule has 0 amide bonds. The molecule has 20 heavy (non-hydrogen) atoms. The van der Waals surface area contributed by atoms with Crippen molar-refractivity contribution in [2.45, 2.75) is 58.8 Å². The molecule has 0 radical (unpaired) electrons. The fourth-order valence-corrected chi connectivity index (χ4v) is 3.03. The van der Waals surface area contributed by atoms with E-state index in [4.69, 9.17) is 5.73 Å². The van der Waals surface area contributed by atoms with Crippen LogP contribution in [0.2, 0.25) is 0 Å². The topological polar surface area (TPSA) is 76.7 Å². The lowest BCUT2D eigenvalue weighted by Gasteiger charge is -2.36. The van der Waals surface area contributed by atoms with Gasteiger partial charge >= 0.3 is 0 Å². The lowest BCUT2D eigenvalue weighted by Crippen LogP contribution is -2.39. The summed E-state index contributed by atoms with van der Waals surface area (Å²) in [5.74, 6) is 0.650. The Labute approximate surface area is 121 Å². The zero-order valence-corrected chi connectivity index (χ0v) is 12.8. The van der Waals surface area contributed by atoms with Crippen LogP contribution in [0.3, 0.4) is 0 Å². The lowest BCUT2D eigenvalue weighted by atomic mass is 9.74. The lowest BCUT2D eigenvalue weighted by molar-refractivity contribution is 0.215. The molecule has 0 unspecified atom stereocenters. The summed E-state index contributed by atoms with van der Waals surface area (Å²) in [5, 5.41) is 11.8. The first-order valence-corrected chi connectivity index (χ1v) is 7.89. The van der Waals surface area contributed by atoms with Crippen molar-refractivity contribution in [3.8, 4) is 0 Å². The molecule has 1 saturated carbocycles. The second-order valence-corrected chi connectivity index (χ2v) is 5.85. The van der Waals surface area contributed by atoms with E-state index in [0.717, 1.165) is 37.3 Å². The normalized spacial score (nSPS) is 17.9. The Morgan fingerprint density at radius 1 is 1.05 bits per heavy atom. The maximum atomic E-state index is 6.01. The van der Waals surface area contributed by atoms with E-state index in [1.807, 2.05) is 0 Å².